The molecule has 0 aliphatic heterocycles. The second-order valence-electron chi connectivity index (χ2n) is 8.41. The smallest absolute Gasteiger partial charge is 0.0133 e. The van der Waals surface area contributed by atoms with Crippen LogP contribution in [0.2, 0.25) is 0 Å². The molecule has 0 heterocycles. The van der Waals surface area contributed by atoms with Gasteiger partial charge in [-0.1, -0.05) is 82.6 Å². The zero-order valence-corrected chi connectivity index (χ0v) is 16.5. The van der Waals surface area contributed by atoms with Gasteiger partial charge in [0.2, 0.25) is 0 Å². The minimum atomic E-state index is 0.800. The highest BCUT2D eigenvalue weighted by molar-refractivity contribution is 5.35. The van der Waals surface area contributed by atoms with E-state index < -0.39 is 0 Å². The molecule has 2 aromatic rings. The van der Waals surface area contributed by atoms with E-state index in [0.717, 1.165) is 23.7 Å². The quantitative estimate of drug-likeness (QED) is 0.577. The molecule has 2 aliphatic rings. The molecule has 25 heavy (non-hydrogen) atoms. The van der Waals surface area contributed by atoms with Crippen molar-refractivity contribution in [3.8, 4) is 0 Å². The van der Waals surface area contributed by atoms with Crippen molar-refractivity contribution in [2.45, 2.75) is 65.7 Å². The van der Waals surface area contributed by atoms with Crippen LogP contribution in [-0.4, -0.2) is 0 Å². The van der Waals surface area contributed by atoms with Crippen LogP contribution in [0.25, 0.3) is 0 Å². The minimum absolute atomic E-state index is 0.800. The Kier molecular flexibility index (Phi) is 5.99. The molecule has 0 nitrogen and oxygen atoms in total. The van der Waals surface area contributed by atoms with Crippen molar-refractivity contribution in [2.75, 3.05) is 0 Å². The van der Waals surface area contributed by atoms with E-state index >= 15 is 0 Å². The highest BCUT2D eigenvalue weighted by atomic mass is 14.3. The van der Waals surface area contributed by atoms with Gasteiger partial charge in [0, 0.05) is 0 Å². The second-order valence-corrected chi connectivity index (χ2v) is 8.41. The van der Waals surface area contributed by atoms with Crippen LogP contribution in [0.5, 0.6) is 0 Å². The summed E-state index contributed by atoms with van der Waals surface area (Å²) in [5, 5.41) is 0. The first-order chi connectivity index (χ1) is 12.1. The van der Waals surface area contributed by atoms with Gasteiger partial charge in [-0.25, -0.2) is 0 Å². The summed E-state index contributed by atoms with van der Waals surface area (Å²) in [5.74, 6) is 3.41. The zero-order chi connectivity index (χ0) is 17.8. The maximum atomic E-state index is 2.39. The van der Waals surface area contributed by atoms with Crippen LogP contribution < -0.4 is 0 Å². The second kappa shape index (κ2) is 8.21. The van der Waals surface area contributed by atoms with Crippen molar-refractivity contribution in [3.63, 3.8) is 0 Å². The molecule has 2 atom stereocenters. The molecule has 0 aromatic heterocycles. The van der Waals surface area contributed by atoms with Crippen molar-refractivity contribution in [1.82, 2.24) is 0 Å². The van der Waals surface area contributed by atoms with Gasteiger partial charge in [0.05, 0.1) is 0 Å². The lowest BCUT2D eigenvalue weighted by atomic mass is 9.89. The van der Waals surface area contributed by atoms with E-state index in [9.17, 15) is 0 Å². The zero-order valence-electron chi connectivity index (χ0n) is 16.5. The molecular weight excluding hydrogens is 300 g/mol. The molecule has 0 amide bonds. The van der Waals surface area contributed by atoms with Gasteiger partial charge in [-0.15, -0.1) is 0 Å². The molecule has 0 saturated carbocycles. The molecule has 2 unspecified atom stereocenters. The maximum absolute atomic E-state index is 2.39. The molecule has 0 saturated heterocycles. The minimum Gasteiger partial charge on any atom is -0.0651 e. The maximum Gasteiger partial charge on any atom is -0.0133 e. The van der Waals surface area contributed by atoms with Gasteiger partial charge in [0.1, 0.15) is 0 Å². The van der Waals surface area contributed by atoms with E-state index in [2.05, 4.69) is 76.2 Å². The summed E-state index contributed by atoms with van der Waals surface area (Å²) in [4.78, 5) is 0. The third kappa shape index (κ3) is 4.17. The molecular formula is C25H34. The summed E-state index contributed by atoms with van der Waals surface area (Å²) < 4.78 is 0. The van der Waals surface area contributed by atoms with Crippen molar-refractivity contribution in [2.24, 2.45) is 17.8 Å². The van der Waals surface area contributed by atoms with Crippen LogP contribution in [0.15, 0.2) is 48.5 Å². The van der Waals surface area contributed by atoms with E-state index in [4.69, 9.17) is 0 Å². The van der Waals surface area contributed by atoms with E-state index in [0.29, 0.717) is 0 Å². The van der Waals surface area contributed by atoms with Crippen molar-refractivity contribution in [3.05, 3.63) is 70.8 Å². The SMILES string of the molecule is CC(C)C1CCc2ccccc21.CCC(C)C1Cc2ccccc2C1. The Labute approximate surface area is 154 Å². The van der Waals surface area contributed by atoms with E-state index in [1.807, 2.05) is 0 Å². The highest BCUT2D eigenvalue weighted by Crippen LogP contribution is 2.37. The number of benzene rings is 2. The standard InChI is InChI=1S/C13H18.C12H16/c1-3-10(2)13-8-11-6-4-5-7-12(11)9-13;1-9(2)11-8-7-10-5-3-4-6-12(10)11/h4-7,10,13H,3,8-9H2,1-2H3;3-6,9,11H,7-8H2,1-2H3. The fraction of sp³-hybridized carbons (Fsp3) is 0.520. The summed E-state index contributed by atoms with van der Waals surface area (Å²) in [6.07, 6.45) is 6.59. The summed E-state index contributed by atoms with van der Waals surface area (Å²) in [7, 11) is 0. The van der Waals surface area contributed by atoms with Crippen molar-refractivity contribution >= 4 is 0 Å². The third-order valence-corrected chi connectivity index (χ3v) is 6.52. The topological polar surface area (TPSA) is 0 Å². The van der Waals surface area contributed by atoms with Crippen LogP contribution in [0, 0.1) is 17.8 Å². The van der Waals surface area contributed by atoms with Crippen LogP contribution >= 0.6 is 0 Å². The molecule has 0 radical (unpaired) electrons. The number of hydrogen-bond acceptors (Lipinski definition) is 0. The van der Waals surface area contributed by atoms with Crippen LogP contribution in [-0.2, 0) is 19.3 Å². The first-order valence-corrected chi connectivity index (χ1v) is 10.2. The van der Waals surface area contributed by atoms with Gasteiger partial charge >= 0.3 is 0 Å². The molecule has 0 N–H and O–H groups in total. The first kappa shape index (κ1) is 18.2. The fourth-order valence-electron chi connectivity index (χ4n) is 4.61. The van der Waals surface area contributed by atoms with Crippen molar-refractivity contribution < 1.29 is 0 Å². The Balaban J connectivity index is 0.000000146. The molecule has 0 spiro atoms. The summed E-state index contributed by atoms with van der Waals surface area (Å²) in [5.41, 5.74) is 6.37. The Morgan fingerprint density at radius 3 is 1.96 bits per heavy atom. The van der Waals surface area contributed by atoms with Gasteiger partial charge in [-0.3, -0.25) is 0 Å². The lowest BCUT2D eigenvalue weighted by Crippen LogP contribution is -2.10. The molecule has 2 aromatic carbocycles. The Morgan fingerprint density at radius 2 is 1.40 bits per heavy atom. The van der Waals surface area contributed by atoms with E-state index in [1.165, 1.54) is 32.1 Å². The largest absolute Gasteiger partial charge is 0.0651 e. The van der Waals surface area contributed by atoms with Crippen LogP contribution in [0.4, 0.5) is 0 Å². The molecule has 0 bridgehead atoms. The van der Waals surface area contributed by atoms with Crippen molar-refractivity contribution in [1.29, 1.82) is 0 Å². The number of hydrogen-bond donors (Lipinski definition) is 0. The van der Waals surface area contributed by atoms with E-state index in [1.54, 1.807) is 22.3 Å². The number of fused-ring (bicyclic) bond motifs is 2. The van der Waals surface area contributed by atoms with Crippen LogP contribution in [0.3, 0.4) is 0 Å². The average Bonchev–Trinajstić information content (AvgIpc) is 3.25. The fourth-order valence-corrected chi connectivity index (χ4v) is 4.61. The van der Waals surface area contributed by atoms with Gasteiger partial charge in [-0.2, -0.15) is 0 Å². The van der Waals surface area contributed by atoms with Gasteiger partial charge in [0.15, 0.2) is 0 Å². The Hall–Kier alpha value is -1.56. The highest BCUT2D eigenvalue weighted by Gasteiger charge is 2.25. The molecule has 134 valence electrons. The Bertz CT molecular complexity index is 657. The average molecular weight is 335 g/mol. The monoisotopic (exact) mass is 334 g/mol. The normalized spacial score (nSPS) is 20.0. The summed E-state index contributed by atoms with van der Waals surface area (Å²) in [6.45, 7) is 9.34. The summed E-state index contributed by atoms with van der Waals surface area (Å²) in [6, 6.07) is 17.8. The van der Waals surface area contributed by atoms with Gasteiger partial charge in [-0.05, 0) is 71.6 Å². The molecule has 0 heteroatoms. The summed E-state index contributed by atoms with van der Waals surface area (Å²) >= 11 is 0. The molecule has 4 rings (SSSR count). The molecule has 2 aliphatic carbocycles. The molecule has 0 fully saturated rings. The number of aryl methyl sites for hydroxylation is 1. The lowest BCUT2D eigenvalue weighted by Gasteiger charge is -2.16. The van der Waals surface area contributed by atoms with Gasteiger partial charge in [0.25, 0.3) is 0 Å². The Morgan fingerprint density at radius 1 is 0.840 bits per heavy atom. The number of rotatable bonds is 3. The third-order valence-electron chi connectivity index (χ3n) is 6.52. The van der Waals surface area contributed by atoms with Crippen LogP contribution in [0.1, 0.15) is 68.7 Å². The first-order valence-electron chi connectivity index (χ1n) is 10.2. The van der Waals surface area contributed by atoms with E-state index in [-0.39, 0.29) is 0 Å². The van der Waals surface area contributed by atoms with Gasteiger partial charge < -0.3 is 0 Å². The lowest BCUT2D eigenvalue weighted by molar-refractivity contribution is 0.363. The predicted octanol–water partition coefficient (Wildman–Crippen LogP) is 6.82. The predicted molar refractivity (Wildman–Crippen MR) is 109 cm³/mol.